The van der Waals surface area contributed by atoms with Gasteiger partial charge in [-0.05, 0) is 5.56 Å². The summed E-state index contributed by atoms with van der Waals surface area (Å²) in [5.74, 6) is 0. The van der Waals surface area contributed by atoms with E-state index in [0.29, 0.717) is 0 Å². The molecule has 1 aromatic carbocycles. The van der Waals surface area contributed by atoms with E-state index < -0.39 is 0 Å². The minimum absolute atomic E-state index is 1.03. The van der Waals surface area contributed by atoms with E-state index in [1.54, 1.807) is 0 Å². The van der Waals surface area contributed by atoms with Crippen LogP contribution in [-0.4, -0.2) is 31.2 Å². The highest BCUT2D eigenvalue weighted by Crippen LogP contribution is 2.01. The van der Waals surface area contributed by atoms with E-state index in [4.69, 9.17) is 0 Å². The summed E-state index contributed by atoms with van der Waals surface area (Å²) < 4.78 is 0. The van der Waals surface area contributed by atoms with Crippen LogP contribution in [0.25, 0.3) is 6.08 Å². The van der Waals surface area contributed by atoms with Crippen LogP contribution < -0.4 is 5.32 Å². The fourth-order valence-electron chi connectivity index (χ4n) is 1.61. The van der Waals surface area contributed by atoms with Gasteiger partial charge in [-0.15, -0.1) is 0 Å². The molecule has 0 saturated carbocycles. The number of benzene rings is 1. The van der Waals surface area contributed by atoms with E-state index in [0.717, 1.165) is 19.8 Å². The summed E-state index contributed by atoms with van der Waals surface area (Å²) in [7, 11) is 0. The molecule has 1 heterocycles. The van der Waals surface area contributed by atoms with Crippen LogP contribution in [0.1, 0.15) is 5.56 Å². The first-order valence-corrected chi connectivity index (χ1v) is 5.10. The lowest BCUT2D eigenvalue weighted by Gasteiger charge is -2.09. The third kappa shape index (κ3) is 2.69. The van der Waals surface area contributed by atoms with Crippen molar-refractivity contribution >= 4 is 6.08 Å². The third-order valence-corrected chi connectivity index (χ3v) is 2.41. The molecule has 0 spiro atoms. The van der Waals surface area contributed by atoms with Crippen molar-refractivity contribution in [2.45, 2.75) is 0 Å². The zero-order valence-electron chi connectivity index (χ0n) is 8.32. The van der Waals surface area contributed by atoms with Crippen LogP contribution in [0, 0.1) is 0 Å². The molecule has 2 rings (SSSR count). The molecule has 74 valence electrons. The number of rotatable bonds is 3. The van der Waals surface area contributed by atoms with Crippen LogP contribution in [-0.2, 0) is 0 Å². The smallest absolute Gasteiger partial charge is 0.0484 e. The maximum absolute atomic E-state index is 3.31. The molecular weight excluding hydrogens is 172 g/mol. The second-order valence-corrected chi connectivity index (χ2v) is 3.55. The van der Waals surface area contributed by atoms with E-state index in [-0.39, 0.29) is 0 Å². The maximum Gasteiger partial charge on any atom is 0.0484 e. The van der Waals surface area contributed by atoms with E-state index >= 15 is 0 Å². The van der Waals surface area contributed by atoms with Gasteiger partial charge in [0.1, 0.15) is 0 Å². The van der Waals surface area contributed by atoms with E-state index in [9.17, 15) is 0 Å². The van der Waals surface area contributed by atoms with Crippen molar-refractivity contribution in [1.82, 2.24) is 10.2 Å². The Labute approximate surface area is 85.2 Å². The zero-order valence-corrected chi connectivity index (χ0v) is 8.32. The monoisotopic (exact) mass is 188 g/mol. The Morgan fingerprint density at radius 2 is 2.14 bits per heavy atom. The van der Waals surface area contributed by atoms with Gasteiger partial charge in [-0.1, -0.05) is 42.5 Å². The normalized spacial score (nSPS) is 18.0. The molecule has 1 aliphatic rings. The molecule has 0 bridgehead atoms. The molecule has 1 N–H and O–H groups in total. The van der Waals surface area contributed by atoms with Gasteiger partial charge in [-0.25, -0.2) is 0 Å². The van der Waals surface area contributed by atoms with Crippen molar-refractivity contribution in [2.75, 3.05) is 26.3 Å². The van der Waals surface area contributed by atoms with Crippen molar-refractivity contribution in [3.8, 4) is 0 Å². The van der Waals surface area contributed by atoms with E-state index in [1.165, 1.54) is 12.1 Å². The summed E-state index contributed by atoms with van der Waals surface area (Å²) in [4.78, 5) is 2.39. The standard InChI is InChI=1S/C12H16N2/c1-2-5-12(6-3-1)7-4-9-14-10-8-13-11-14/h1-7,13H,8-11H2. The number of nitrogens with zero attached hydrogens (tertiary/aromatic N) is 1. The molecule has 2 heteroatoms. The fourth-order valence-corrected chi connectivity index (χ4v) is 1.61. The highest BCUT2D eigenvalue weighted by Gasteiger charge is 2.07. The third-order valence-electron chi connectivity index (χ3n) is 2.41. The highest BCUT2D eigenvalue weighted by molar-refractivity contribution is 5.48. The lowest BCUT2D eigenvalue weighted by Crippen LogP contribution is -2.21. The predicted molar refractivity (Wildman–Crippen MR) is 59.9 cm³/mol. The van der Waals surface area contributed by atoms with Crippen LogP contribution in [0.3, 0.4) is 0 Å². The Bertz CT molecular complexity index is 286. The van der Waals surface area contributed by atoms with Gasteiger partial charge in [-0.2, -0.15) is 0 Å². The van der Waals surface area contributed by atoms with Crippen LogP contribution in [0.4, 0.5) is 0 Å². The summed E-state index contributed by atoms with van der Waals surface area (Å²) in [5.41, 5.74) is 1.28. The average Bonchev–Trinajstić information content (AvgIpc) is 2.72. The molecule has 0 aromatic heterocycles. The van der Waals surface area contributed by atoms with E-state index in [1.807, 2.05) is 6.07 Å². The van der Waals surface area contributed by atoms with Crippen LogP contribution in [0.2, 0.25) is 0 Å². The summed E-state index contributed by atoms with van der Waals surface area (Å²) in [6.45, 7) is 4.36. The first-order chi connectivity index (χ1) is 6.95. The largest absolute Gasteiger partial charge is 0.303 e. The van der Waals surface area contributed by atoms with Crippen molar-refractivity contribution in [1.29, 1.82) is 0 Å². The molecule has 2 nitrogen and oxygen atoms in total. The molecule has 0 unspecified atom stereocenters. The molecule has 1 aromatic rings. The summed E-state index contributed by atoms with van der Waals surface area (Å²) in [6.07, 6.45) is 4.40. The fraction of sp³-hybridized carbons (Fsp3) is 0.333. The second-order valence-electron chi connectivity index (χ2n) is 3.55. The Morgan fingerprint density at radius 1 is 1.29 bits per heavy atom. The van der Waals surface area contributed by atoms with Gasteiger partial charge in [0.2, 0.25) is 0 Å². The van der Waals surface area contributed by atoms with Crippen molar-refractivity contribution < 1.29 is 0 Å². The Balaban J connectivity index is 1.82. The van der Waals surface area contributed by atoms with Gasteiger partial charge >= 0.3 is 0 Å². The Morgan fingerprint density at radius 3 is 2.86 bits per heavy atom. The van der Waals surface area contributed by atoms with Crippen LogP contribution in [0.5, 0.6) is 0 Å². The molecular formula is C12H16N2. The summed E-state index contributed by atoms with van der Waals surface area (Å²) in [5, 5.41) is 3.31. The number of hydrogen-bond donors (Lipinski definition) is 1. The Hall–Kier alpha value is -1.12. The minimum Gasteiger partial charge on any atom is -0.303 e. The first-order valence-electron chi connectivity index (χ1n) is 5.10. The lowest BCUT2D eigenvalue weighted by atomic mass is 10.2. The van der Waals surface area contributed by atoms with Gasteiger partial charge in [0.25, 0.3) is 0 Å². The van der Waals surface area contributed by atoms with E-state index in [2.05, 4.69) is 46.6 Å². The number of nitrogens with one attached hydrogen (secondary N) is 1. The first kappa shape index (κ1) is 9.44. The number of hydrogen-bond acceptors (Lipinski definition) is 2. The molecule has 0 amide bonds. The SMILES string of the molecule is C(=Cc1ccccc1)CN1CCNC1. The second kappa shape index (κ2) is 4.94. The minimum atomic E-state index is 1.03. The highest BCUT2D eigenvalue weighted by atomic mass is 15.3. The van der Waals surface area contributed by atoms with Gasteiger partial charge < -0.3 is 5.32 Å². The molecule has 1 fully saturated rings. The van der Waals surface area contributed by atoms with Crippen molar-refractivity contribution in [2.24, 2.45) is 0 Å². The topological polar surface area (TPSA) is 15.3 Å². The average molecular weight is 188 g/mol. The van der Waals surface area contributed by atoms with Crippen LogP contribution in [0.15, 0.2) is 36.4 Å². The molecule has 1 saturated heterocycles. The molecule has 0 radical (unpaired) electrons. The summed E-state index contributed by atoms with van der Waals surface area (Å²) >= 11 is 0. The zero-order chi connectivity index (χ0) is 9.64. The molecule has 14 heavy (non-hydrogen) atoms. The predicted octanol–water partition coefficient (Wildman–Crippen LogP) is 1.56. The lowest BCUT2D eigenvalue weighted by molar-refractivity contribution is 0.373. The van der Waals surface area contributed by atoms with Crippen molar-refractivity contribution in [3.63, 3.8) is 0 Å². The van der Waals surface area contributed by atoms with Gasteiger partial charge in [0.15, 0.2) is 0 Å². The quantitative estimate of drug-likeness (QED) is 0.774. The Kier molecular flexibility index (Phi) is 3.33. The molecule has 1 aliphatic heterocycles. The van der Waals surface area contributed by atoms with Gasteiger partial charge in [0, 0.05) is 26.3 Å². The van der Waals surface area contributed by atoms with Crippen molar-refractivity contribution in [3.05, 3.63) is 42.0 Å². The van der Waals surface area contributed by atoms with Gasteiger partial charge in [0.05, 0.1) is 0 Å². The molecule has 0 atom stereocenters. The van der Waals surface area contributed by atoms with Crippen LogP contribution >= 0.6 is 0 Å². The van der Waals surface area contributed by atoms with Gasteiger partial charge in [-0.3, -0.25) is 4.90 Å². The maximum atomic E-state index is 3.31. The molecule has 0 aliphatic carbocycles. The summed E-state index contributed by atoms with van der Waals surface area (Å²) in [6, 6.07) is 10.4.